The average molecular weight is 389 g/mol. The van der Waals surface area contributed by atoms with E-state index in [0.29, 0.717) is 10.8 Å². The van der Waals surface area contributed by atoms with Crippen molar-refractivity contribution in [1.29, 1.82) is 0 Å². The van der Waals surface area contributed by atoms with Crippen molar-refractivity contribution in [2.45, 2.75) is 19.8 Å². The lowest BCUT2D eigenvalue weighted by atomic mass is 10.0. The van der Waals surface area contributed by atoms with E-state index in [4.69, 9.17) is 11.6 Å². The number of hydrogen-bond donors (Lipinski definition) is 1. The summed E-state index contributed by atoms with van der Waals surface area (Å²) in [5.74, 6) is -3.74. The number of rotatable bonds is 4. The van der Waals surface area contributed by atoms with Crippen LogP contribution in [-0.2, 0) is 5.92 Å². The summed E-state index contributed by atoms with van der Waals surface area (Å²) in [6.07, 6.45) is 2.53. The van der Waals surface area contributed by atoms with Gasteiger partial charge in [-0.3, -0.25) is 4.79 Å². The predicted octanol–water partition coefficient (Wildman–Crippen LogP) is 4.86. The number of benzene rings is 1. The summed E-state index contributed by atoms with van der Waals surface area (Å²) < 4.78 is 26.9. The molecular weight excluding hydrogens is 374 g/mol. The van der Waals surface area contributed by atoms with Crippen molar-refractivity contribution < 1.29 is 13.6 Å². The lowest BCUT2D eigenvalue weighted by Crippen LogP contribution is -2.17. The first-order valence-electron chi connectivity index (χ1n) is 7.99. The molecule has 0 radical (unpaired) electrons. The van der Waals surface area contributed by atoms with Gasteiger partial charge in [-0.25, -0.2) is 13.8 Å². The number of hydrogen-bond acceptors (Lipinski definition) is 4. The second-order valence-electron chi connectivity index (χ2n) is 6.07. The van der Waals surface area contributed by atoms with Crippen LogP contribution in [0.2, 0.25) is 5.15 Å². The minimum Gasteiger partial charge on any atom is -0.321 e. The molecule has 0 saturated carbocycles. The molecule has 2 aromatic heterocycles. The van der Waals surface area contributed by atoms with E-state index in [2.05, 4.69) is 20.5 Å². The molecular formula is C19H15ClF2N4O. The molecule has 3 rings (SSSR count). The standard InChI is InChI=1S/C19H15ClF2N4O/c1-11-3-4-14(9-15(11)12-5-6-23-17(20)7-12)25-18(27)16-8-13(10-24-26-16)19(2,21)22/h3-10H,1-2H3,(H,25,27). The molecule has 0 aliphatic heterocycles. The number of carbonyl (C=O) groups is 1. The summed E-state index contributed by atoms with van der Waals surface area (Å²) in [6.45, 7) is 2.66. The number of pyridine rings is 1. The molecule has 0 aliphatic carbocycles. The first-order valence-corrected chi connectivity index (χ1v) is 8.37. The molecule has 0 aliphatic rings. The van der Waals surface area contributed by atoms with Crippen LogP contribution < -0.4 is 5.32 Å². The number of nitrogens with one attached hydrogen (secondary N) is 1. The number of alkyl halides is 2. The Labute approximate surface area is 159 Å². The Hall–Kier alpha value is -2.93. The van der Waals surface area contributed by atoms with E-state index >= 15 is 0 Å². The Morgan fingerprint density at radius 2 is 1.96 bits per heavy atom. The Kier molecular flexibility index (Phi) is 5.14. The number of aromatic nitrogens is 3. The molecule has 1 N–H and O–H groups in total. The molecule has 3 aromatic rings. The Morgan fingerprint density at radius 1 is 1.19 bits per heavy atom. The normalized spacial score (nSPS) is 11.3. The summed E-state index contributed by atoms with van der Waals surface area (Å²) in [6, 6.07) is 9.86. The van der Waals surface area contributed by atoms with Crippen molar-refractivity contribution in [3.05, 3.63) is 70.8 Å². The second kappa shape index (κ2) is 7.36. The highest BCUT2D eigenvalue weighted by atomic mass is 35.5. The zero-order valence-corrected chi connectivity index (χ0v) is 15.3. The van der Waals surface area contributed by atoms with E-state index in [9.17, 15) is 13.6 Å². The van der Waals surface area contributed by atoms with Gasteiger partial charge in [-0.05, 0) is 53.9 Å². The molecule has 0 atom stereocenters. The van der Waals surface area contributed by atoms with Crippen molar-refractivity contribution >= 4 is 23.2 Å². The first kappa shape index (κ1) is 18.8. The van der Waals surface area contributed by atoms with Crippen molar-refractivity contribution in [1.82, 2.24) is 15.2 Å². The number of aryl methyl sites for hydroxylation is 1. The number of carbonyl (C=O) groups excluding carboxylic acids is 1. The molecule has 0 unspecified atom stereocenters. The van der Waals surface area contributed by atoms with Crippen molar-refractivity contribution in [3.63, 3.8) is 0 Å². The minimum absolute atomic E-state index is 0.192. The summed E-state index contributed by atoms with van der Waals surface area (Å²) in [4.78, 5) is 16.3. The van der Waals surface area contributed by atoms with E-state index in [-0.39, 0.29) is 11.3 Å². The number of nitrogens with zero attached hydrogens (tertiary/aromatic N) is 3. The number of halogens is 3. The molecule has 0 spiro atoms. The monoisotopic (exact) mass is 388 g/mol. The maximum absolute atomic E-state index is 13.4. The third-order valence-corrected chi connectivity index (χ3v) is 4.13. The van der Waals surface area contributed by atoms with E-state index in [1.54, 1.807) is 30.5 Å². The molecule has 1 amide bonds. The minimum atomic E-state index is -3.11. The fourth-order valence-electron chi connectivity index (χ4n) is 2.49. The Bertz CT molecular complexity index is 1000. The van der Waals surface area contributed by atoms with Gasteiger partial charge in [0.05, 0.1) is 6.20 Å². The lowest BCUT2D eigenvalue weighted by molar-refractivity contribution is 0.0169. The molecule has 1 aromatic carbocycles. The fourth-order valence-corrected chi connectivity index (χ4v) is 2.67. The van der Waals surface area contributed by atoms with Crippen molar-refractivity contribution in [2.24, 2.45) is 0 Å². The SMILES string of the molecule is Cc1ccc(NC(=O)c2cc(C(C)(F)F)cnn2)cc1-c1ccnc(Cl)c1. The summed E-state index contributed by atoms with van der Waals surface area (Å²) >= 11 is 5.95. The van der Waals surface area contributed by atoms with Gasteiger partial charge in [-0.2, -0.15) is 5.10 Å². The van der Waals surface area contributed by atoms with Gasteiger partial charge in [-0.1, -0.05) is 17.7 Å². The number of amides is 1. The van der Waals surface area contributed by atoms with E-state index in [1.165, 1.54) is 0 Å². The molecule has 8 heteroatoms. The van der Waals surface area contributed by atoms with Crippen LogP contribution in [0.3, 0.4) is 0 Å². The summed E-state index contributed by atoms with van der Waals surface area (Å²) in [5.41, 5.74) is 2.60. The van der Waals surface area contributed by atoms with Crippen LogP contribution in [0.25, 0.3) is 11.1 Å². The predicted molar refractivity (Wildman–Crippen MR) is 99.0 cm³/mol. The average Bonchev–Trinajstić information content (AvgIpc) is 2.62. The number of anilines is 1. The largest absolute Gasteiger partial charge is 0.321 e. The van der Waals surface area contributed by atoms with Crippen LogP contribution in [0, 0.1) is 6.92 Å². The Morgan fingerprint density at radius 3 is 2.67 bits per heavy atom. The van der Waals surface area contributed by atoms with Gasteiger partial charge >= 0.3 is 0 Å². The lowest BCUT2D eigenvalue weighted by Gasteiger charge is -2.12. The van der Waals surface area contributed by atoms with Crippen LogP contribution >= 0.6 is 11.6 Å². The molecule has 5 nitrogen and oxygen atoms in total. The van der Waals surface area contributed by atoms with Gasteiger partial charge < -0.3 is 5.32 Å². The molecule has 0 bridgehead atoms. The molecule has 27 heavy (non-hydrogen) atoms. The van der Waals surface area contributed by atoms with Gasteiger partial charge in [0.1, 0.15) is 5.15 Å². The van der Waals surface area contributed by atoms with Gasteiger partial charge in [0.25, 0.3) is 11.8 Å². The highest BCUT2D eigenvalue weighted by Crippen LogP contribution is 2.29. The molecule has 0 fully saturated rings. The summed E-state index contributed by atoms with van der Waals surface area (Å²) in [5, 5.41) is 10.1. The Balaban J connectivity index is 1.88. The van der Waals surface area contributed by atoms with Crippen molar-refractivity contribution in [2.75, 3.05) is 5.32 Å². The fraction of sp³-hybridized carbons (Fsp3) is 0.158. The van der Waals surface area contributed by atoms with Crippen LogP contribution in [0.1, 0.15) is 28.5 Å². The first-order chi connectivity index (χ1) is 12.7. The van der Waals surface area contributed by atoms with Crippen LogP contribution in [0.5, 0.6) is 0 Å². The van der Waals surface area contributed by atoms with E-state index in [0.717, 1.165) is 35.9 Å². The smallest absolute Gasteiger partial charge is 0.276 e. The third-order valence-electron chi connectivity index (χ3n) is 3.93. The van der Waals surface area contributed by atoms with Crippen LogP contribution in [0.4, 0.5) is 14.5 Å². The van der Waals surface area contributed by atoms with Gasteiger partial charge in [0.2, 0.25) is 0 Å². The zero-order valence-electron chi connectivity index (χ0n) is 14.5. The van der Waals surface area contributed by atoms with Gasteiger partial charge in [0.15, 0.2) is 5.69 Å². The highest BCUT2D eigenvalue weighted by Gasteiger charge is 2.26. The second-order valence-corrected chi connectivity index (χ2v) is 6.46. The van der Waals surface area contributed by atoms with Crippen LogP contribution in [-0.4, -0.2) is 21.1 Å². The topological polar surface area (TPSA) is 67.8 Å². The highest BCUT2D eigenvalue weighted by molar-refractivity contribution is 6.29. The zero-order chi connectivity index (χ0) is 19.6. The van der Waals surface area contributed by atoms with Crippen molar-refractivity contribution in [3.8, 4) is 11.1 Å². The van der Waals surface area contributed by atoms with Crippen LogP contribution in [0.15, 0.2) is 48.8 Å². The van der Waals surface area contributed by atoms with E-state index in [1.807, 2.05) is 13.0 Å². The maximum Gasteiger partial charge on any atom is 0.276 e. The molecule has 2 heterocycles. The van der Waals surface area contributed by atoms with E-state index < -0.39 is 11.8 Å². The maximum atomic E-state index is 13.4. The molecule has 0 saturated heterocycles. The quantitative estimate of drug-likeness (QED) is 0.648. The van der Waals surface area contributed by atoms with Gasteiger partial charge in [0, 0.05) is 24.4 Å². The third kappa shape index (κ3) is 4.43. The van der Waals surface area contributed by atoms with Gasteiger partial charge in [-0.15, -0.1) is 5.10 Å². The molecule has 138 valence electrons. The summed E-state index contributed by atoms with van der Waals surface area (Å²) in [7, 11) is 0.